The first kappa shape index (κ1) is 22.0. The van der Waals surface area contributed by atoms with E-state index in [0.717, 1.165) is 24.0 Å². The zero-order valence-corrected chi connectivity index (χ0v) is 18.3. The van der Waals surface area contributed by atoms with Crippen LogP contribution in [0.5, 0.6) is 0 Å². The lowest BCUT2D eigenvalue weighted by molar-refractivity contribution is -0.123. The van der Waals surface area contributed by atoms with Crippen LogP contribution in [0.1, 0.15) is 46.8 Å². The first-order valence-corrected chi connectivity index (χ1v) is 11.3. The number of benzene rings is 2. The third-order valence-corrected chi connectivity index (χ3v) is 6.54. The smallest absolute Gasteiger partial charge is 0.339 e. The van der Waals surface area contributed by atoms with Gasteiger partial charge in [0.25, 0.3) is 5.91 Å². The van der Waals surface area contributed by atoms with Crippen LogP contribution in [0.25, 0.3) is 0 Å². The minimum atomic E-state index is -3.70. The third-order valence-electron chi connectivity index (χ3n) is 5.02. The average Bonchev–Trinajstić information content (AvgIpc) is 3.48. The number of esters is 1. The molecule has 2 N–H and O–H groups in total. The fourth-order valence-electron chi connectivity index (χ4n) is 2.99. The van der Waals surface area contributed by atoms with Crippen molar-refractivity contribution in [3.8, 4) is 0 Å². The monoisotopic (exact) mass is 430 g/mol. The van der Waals surface area contributed by atoms with Crippen LogP contribution in [0.2, 0.25) is 0 Å². The second-order valence-electron chi connectivity index (χ2n) is 7.68. The summed E-state index contributed by atoms with van der Waals surface area (Å²) in [7, 11) is -3.70. The van der Waals surface area contributed by atoms with E-state index in [1.807, 2.05) is 32.0 Å². The predicted octanol–water partition coefficient (Wildman–Crippen LogP) is 3.24. The van der Waals surface area contributed by atoms with Crippen molar-refractivity contribution < 1.29 is 22.7 Å². The minimum absolute atomic E-state index is 0.000380. The van der Waals surface area contributed by atoms with Gasteiger partial charge in [0.1, 0.15) is 0 Å². The van der Waals surface area contributed by atoms with Crippen LogP contribution in [0.4, 0.5) is 5.69 Å². The Hall–Kier alpha value is -2.71. The lowest BCUT2D eigenvalue weighted by Crippen LogP contribution is -2.31. The van der Waals surface area contributed by atoms with Crippen molar-refractivity contribution >= 4 is 27.6 Å². The van der Waals surface area contributed by atoms with E-state index in [4.69, 9.17) is 4.74 Å². The molecule has 1 saturated carbocycles. The summed E-state index contributed by atoms with van der Waals surface area (Å²) in [6.07, 6.45) is 0.570. The summed E-state index contributed by atoms with van der Waals surface area (Å²) in [6, 6.07) is 9.91. The van der Waals surface area contributed by atoms with Crippen LogP contribution in [0.3, 0.4) is 0 Å². The van der Waals surface area contributed by atoms with Gasteiger partial charge in [-0.3, -0.25) is 4.79 Å². The highest BCUT2D eigenvalue weighted by atomic mass is 32.2. The van der Waals surface area contributed by atoms with Crippen molar-refractivity contribution in [3.05, 3.63) is 58.7 Å². The van der Waals surface area contributed by atoms with Crippen LogP contribution in [-0.2, 0) is 19.6 Å². The van der Waals surface area contributed by atoms with Gasteiger partial charge in [0.05, 0.1) is 10.5 Å². The summed E-state index contributed by atoms with van der Waals surface area (Å²) in [5, 5.41) is 2.79. The molecule has 8 heteroatoms. The Kier molecular flexibility index (Phi) is 6.28. The standard InChI is InChI=1S/C22H26N2O5S/c1-13-8-11-18(30(27,28)24-17-9-10-17)12-19(13)22(26)29-16(4)21(25)23-20-14(2)6-5-7-15(20)3/h5-8,11-12,16-17,24H,9-10H2,1-4H3,(H,23,25). The molecule has 1 fully saturated rings. The van der Waals surface area contributed by atoms with Crippen LogP contribution in [0, 0.1) is 20.8 Å². The van der Waals surface area contributed by atoms with Gasteiger partial charge in [-0.2, -0.15) is 0 Å². The van der Waals surface area contributed by atoms with Crippen molar-refractivity contribution in [1.29, 1.82) is 0 Å². The summed E-state index contributed by atoms with van der Waals surface area (Å²) in [6.45, 7) is 6.92. The molecule has 0 bridgehead atoms. The van der Waals surface area contributed by atoms with Crippen molar-refractivity contribution in [1.82, 2.24) is 4.72 Å². The molecule has 0 aromatic heterocycles. The molecule has 7 nitrogen and oxygen atoms in total. The van der Waals surface area contributed by atoms with Crippen molar-refractivity contribution in [2.45, 2.75) is 57.6 Å². The molecule has 1 unspecified atom stereocenters. The fraction of sp³-hybridized carbons (Fsp3) is 0.364. The Morgan fingerprint density at radius 3 is 2.27 bits per heavy atom. The molecule has 1 aliphatic carbocycles. The molecule has 0 radical (unpaired) electrons. The number of hydrogen-bond acceptors (Lipinski definition) is 5. The largest absolute Gasteiger partial charge is 0.449 e. The first-order valence-electron chi connectivity index (χ1n) is 9.79. The quantitative estimate of drug-likeness (QED) is 0.657. The molecule has 2 aromatic carbocycles. The molecule has 1 amide bonds. The van der Waals surface area contributed by atoms with Gasteiger partial charge in [0.15, 0.2) is 6.10 Å². The van der Waals surface area contributed by atoms with Crippen molar-refractivity contribution in [2.24, 2.45) is 0 Å². The van der Waals surface area contributed by atoms with Crippen LogP contribution >= 0.6 is 0 Å². The number of para-hydroxylation sites is 1. The summed E-state index contributed by atoms with van der Waals surface area (Å²) in [5.74, 6) is -1.21. The molecule has 0 aliphatic heterocycles. The summed E-state index contributed by atoms with van der Waals surface area (Å²) >= 11 is 0. The molecule has 0 heterocycles. The van der Waals surface area contributed by atoms with Gasteiger partial charge in [-0.1, -0.05) is 24.3 Å². The summed E-state index contributed by atoms with van der Waals surface area (Å²) in [5.41, 5.74) is 3.16. The lowest BCUT2D eigenvalue weighted by Gasteiger charge is -2.17. The highest BCUT2D eigenvalue weighted by Gasteiger charge is 2.29. The maximum Gasteiger partial charge on any atom is 0.339 e. The third kappa shape index (κ3) is 5.06. The Morgan fingerprint density at radius 2 is 1.67 bits per heavy atom. The van der Waals surface area contributed by atoms with E-state index in [1.165, 1.54) is 19.1 Å². The lowest BCUT2D eigenvalue weighted by atomic mass is 10.1. The van der Waals surface area contributed by atoms with Crippen LogP contribution in [-0.4, -0.2) is 32.4 Å². The van der Waals surface area contributed by atoms with Gasteiger partial charge >= 0.3 is 5.97 Å². The molecular formula is C22H26N2O5S. The molecule has 2 aromatic rings. The molecule has 30 heavy (non-hydrogen) atoms. The Balaban J connectivity index is 1.73. The fourth-order valence-corrected chi connectivity index (χ4v) is 4.32. The number of carbonyl (C=O) groups is 2. The molecule has 1 atom stereocenters. The molecule has 160 valence electrons. The topological polar surface area (TPSA) is 102 Å². The van der Waals surface area contributed by atoms with E-state index in [2.05, 4.69) is 10.0 Å². The number of anilines is 1. The molecule has 0 saturated heterocycles. The second-order valence-corrected chi connectivity index (χ2v) is 9.39. The summed E-state index contributed by atoms with van der Waals surface area (Å²) in [4.78, 5) is 25.2. The van der Waals surface area contributed by atoms with E-state index in [9.17, 15) is 18.0 Å². The Morgan fingerprint density at radius 1 is 1.03 bits per heavy atom. The Labute approximate surface area is 176 Å². The maximum absolute atomic E-state index is 12.7. The maximum atomic E-state index is 12.7. The van der Waals surface area contributed by atoms with Gasteiger partial charge in [0.2, 0.25) is 10.0 Å². The number of hydrogen-bond donors (Lipinski definition) is 2. The molecule has 0 spiro atoms. The molecule has 3 rings (SSSR count). The van der Waals surface area contributed by atoms with E-state index < -0.39 is 28.0 Å². The molecule has 1 aliphatic rings. The average molecular weight is 431 g/mol. The van der Waals surface area contributed by atoms with Gasteiger partial charge in [-0.25, -0.2) is 17.9 Å². The number of rotatable bonds is 7. The van der Waals surface area contributed by atoms with E-state index in [0.29, 0.717) is 11.3 Å². The summed E-state index contributed by atoms with van der Waals surface area (Å²) < 4.78 is 32.8. The van der Waals surface area contributed by atoms with E-state index >= 15 is 0 Å². The zero-order chi connectivity index (χ0) is 22.1. The van der Waals surface area contributed by atoms with Crippen LogP contribution < -0.4 is 10.0 Å². The van der Waals surface area contributed by atoms with E-state index in [-0.39, 0.29) is 16.5 Å². The van der Waals surface area contributed by atoms with Gasteiger partial charge < -0.3 is 10.1 Å². The second kappa shape index (κ2) is 8.57. The minimum Gasteiger partial charge on any atom is -0.449 e. The van der Waals surface area contributed by atoms with Crippen LogP contribution in [0.15, 0.2) is 41.3 Å². The SMILES string of the molecule is Cc1ccc(S(=O)(=O)NC2CC2)cc1C(=O)OC(C)C(=O)Nc1c(C)cccc1C. The number of sulfonamides is 1. The highest BCUT2D eigenvalue weighted by Crippen LogP contribution is 2.24. The highest BCUT2D eigenvalue weighted by molar-refractivity contribution is 7.89. The van der Waals surface area contributed by atoms with Gasteiger partial charge in [-0.15, -0.1) is 0 Å². The first-order chi connectivity index (χ1) is 14.1. The van der Waals surface area contributed by atoms with E-state index in [1.54, 1.807) is 13.0 Å². The Bertz CT molecular complexity index is 1070. The number of carbonyl (C=O) groups excluding carboxylic acids is 2. The number of nitrogens with one attached hydrogen (secondary N) is 2. The molecular weight excluding hydrogens is 404 g/mol. The van der Waals surface area contributed by atoms with Gasteiger partial charge in [-0.05, 0) is 69.4 Å². The van der Waals surface area contributed by atoms with Gasteiger partial charge in [0, 0.05) is 11.7 Å². The van der Waals surface area contributed by atoms with Crippen molar-refractivity contribution in [2.75, 3.05) is 5.32 Å². The number of ether oxygens (including phenoxy) is 1. The number of amides is 1. The van der Waals surface area contributed by atoms with Crippen molar-refractivity contribution in [3.63, 3.8) is 0 Å². The number of aryl methyl sites for hydroxylation is 3. The zero-order valence-electron chi connectivity index (χ0n) is 17.5. The predicted molar refractivity (Wildman–Crippen MR) is 114 cm³/mol. The normalized spacial score (nSPS) is 14.8.